The molecule has 0 atom stereocenters. The highest BCUT2D eigenvalue weighted by Gasteiger charge is 2.27. The summed E-state index contributed by atoms with van der Waals surface area (Å²) in [5, 5.41) is 4.30. The van der Waals surface area contributed by atoms with Crippen LogP contribution in [-0.2, 0) is 13.2 Å². The van der Waals surface area contributed by atoms with Gasteiger partial charge in [-0.15, -0.1) is 0 Å². The smallest absolute Gasteiger partial charge is 0.126 e. The van der Waals surface area contributed by atoms with E-state index in [1.54, 1.807) is 13.2 Å². The molecule has 1 aliphatic heterocycles. The molecule has 1 heterocycles. The SMILES string of the molecule is COc1ccc(OCc2cccc(Cl)c2)cc1-c1ccc2c(c1COc1cc(F)ccc1C)C(C)=CC(C)(C)N2. The molecule has 1 aliphatic rings. The Morgan fingerprint density at radius 2 is 1.68 bits per heavy atom. The number of halogens is 2. The van der Waals surface area contributed by atoms with Crippen molar-refractivity contribution in [2.45, 2.75) is 46.4 Å². The predicted octanol–water partition coefficient (Wildman–Crippen LogP) is 9.23. The van der Waals surface area contributed by atoms with Gasteiger partial charge in [-0.2, -0.15) is 0 Å². The molecule has 0 aliphatic carbocycles. The molecule has 4 nitrogen and oxygen atoms in total. The van der Waals surface area contributed by atoms with Gasteiger partial charge >= 0.3 is 0 Å². The number of hydrogen-bond donors (Lipinski definition) is 1. The highest BCUT2D eigenvalue weighted by molar-refractivity contribution is 6.30. The molecule has 0 aromatic heterocycles. The van der Waals surface area contributed by atoms with Gasteiger partial charge < -0.3 is 19.5 Å². The van der Waals surface area contributed by atoms with Crippen LogP contribution in [0.3, 0.4) is 0 Å². The van der Waals surface area contributed by atoms with Gasteiger partial charge in [0.25, 0.3) is 0 Å². The number of fused-ring (bicyclic) bond motifs is 1. The van der Waals surface area contributed by atoms with Crippen molar-refractivity contribution in [1.82, 2.24) is 0 Å². The van der Waals surface area contributed by atoms with E-state index in [0.717, 1.165) is 44.6 Å². The number of allylic oxidation sites excluding steroid dienone is 1. The molecule has 0 saturated heterocycles. The third kappa shape index (κ3) is 5.95. The van der Waals surface area contributed by atoms with E-state index in [1.165, 1.54) is 12.1 Å². The number of anilines is 1. The number of aryl methyl sites for hydroxylation is 1. The van der Waals surface area contributed by atoms with E-state index in [4.69, 9.17) is 25.8 Å². The van der Waals surface area contributed by atoms with Crippen LogP contribution in [0.15, 0.2) is 78.9 Å². The summed E-state index contributed by atoms with van der Waals surface area (Å²) in [5.41, 5.74) is 7.69. The number of ether oxygens (including phenoxy) is 3. The molecule has 1 N–H and O–H groups in total. The lowest BCUT2D eigenvalue weighted by Crippen LogP contribution is -2.32. The lowest BCUT2D eigenvalue weighted by molar-refractivity contribution is 0.302. The molecule has 206 valence electrons. The Hall–Kier alpha value is -3.96. The highest BCUT2D eigenvalue weighted by atomic mass is 35.5. The topological polar surface area (TPSA) is 39.7 Å². The van der Waals surface area contributed by atoms with Gasteiger partial charge in [0.05, 0.1) is 12.6 Å². The number of rotatable bonds is 8. The second kappa shape index (κ2) is 11.3. The summed E-state index contributed by atoms with van der Waals surface area (Å²) < 4.78 is 32.3. The fourth-order valence-corrected chi connectivity index (χ4v) is 5.47. The Bertz CT molecular complexity index is 1590. The van der Waals surface area contributed by atoms with Crippen molar-refractivity contribution in [3.63, 3.8) is 0 Å². The van der Waals surface area contributed by atoms with E-state index in [2.05, 4.69) is 44.3 Å². The molecule has 0 amide bonds. The minimum Gasteiger partial charge on any atom is -0.496 e. The van der Waals surface area contributed by atoms with Crippen LogP contribution >= 0.6 is 11.6 Å². The summed E-state index contributed by atoms with van der Waals surface area (Å²) in [7, 11) is 1.66. The van der Waals surface area contributed by atoms with Gasteiger partial charge in [0.15, 0.2) is 0 Å². The third-order valence-electron chi connectivity index (χ3n) is 7.02. The quantitative estimate of drug-likeness (QED) is 0.234. The zero-order valence-electron chi connectivity index (χ0n) is 23.4. The maximum Gasteiger partial charge on any atom is 0.126 e. The molecule has 40 heavy (non-hydrogen) atoms. The molecule has 5 rings (SSSR count). The first-order valence-electron chi connectivity index (χ1n) is 13.2. The fraction of sp³-hybridized carbons (Fsp3) is 0.235. The maximum absolute atomic E-state index is 14.1. The normalized spacial score (nSPS) is 13.6. The Labute approximate surface area is 240 Å². The first-order valence-corrected chi connectivity index (χ1v) is 13.6. The minimum atomic E-state index is -0.332. The average molecular weight is 558 g/mol. The van der Waals surface area contributed by atoms with Crippen LogP contribution in [0.5, 0.6) is 17.2 Å². The second-order valence-electron chi connectivity index (χ2n) is 10.7. The number of hydrogen-bond acceptors (Lipinski definition) is 4. The predicted molar refractivity (Wildman–Crippen MR) is 161 cm³/mol. The van der Waals surface area contributed by atoms with Crippen molar-refractivity contribution in [1.29, 1.82) is 0 Å². The van der Waals surface area contributed by atoms with Crippen molar-refractivity contribution in [3.8, 4) is 28.4 Å². The number of nitrogens with one attached hydrogen (secondary N) is 1. The minimum absolute atomic E-state index is 0.193. The molecule has 6 heteroatoms. The Kier molecular flexibility index (Phi) is 7.77. The second-order valence-corrected chi connectivity index (χ2v) is 11.1. The Balaban J connectivity index is 1.58. The first kappa shape index (κ1) is 27.6. The van der Waals surface area contributed by atoms with Crippen LogP contribution in [0.4, 0.5) is 10.1 Å². The van der Waals surface area contributed by atoms with Gasteiger partial charge in [0, 0.05) is 33.5 Å². The van der Waals surface area contributed by atoms with Gasteiger partial charge in [0.2, 0.25) is 0 Å². The molecule has 0 saturated carbocycles. The molecule has 0 radical (unpaired) electrons. The van der Waals surface area contributed by atoms with Crippen molar-refractivity contribution < 1.29 is 18.6 Å². The molecule has 4 aromatic carbocycles. The van der Waals surface area contributed by atoms with Crippen LogP contribution in [0.1, 0.15) is 43.0 Å². The van der Waals surface area contributed by atoms with Gasteiger partial charge in [0.1, 0.15) is 36.3 Å². The van der Waals surface area contributed by atoms with Gasteiger partial charge in [-0.1, -0.05) is 41.9 Å². The Morgan fingerprint density at radius 1 is 0.850 bits per heavy atom. The molecule has 0 unspecified atom stereocenters. The van der Waals surface area contributed by atoms with Gasteiger partial charge in [-0.25, -0.2) is 4.39 Å². The number of benzene rings is 4. The zero-order chi connectivity index (χ0) is 28.4. The van der Waals surface area contributed by atoms with E-state index in [-0.39, 0.29) is 18.0 Å². The largest absolute Gasteiger partial charge is 0.496 e. The van der Waals surface area contributed by atoms with Crippen LogP contribution in [0.2, 0.25) is 5.02 Å². The van der Waals surface area contributed by atoms with E-state index in [0.29, 0.717) is 28.9 Å². The molecular formula is C34H33ClFNO3. The summed E-state index contributed by atoms with van der Waals surface area (Å²) in [6.07, 6.45) is 2.22. The summed E-state index contributed by atoms with van der Waals surface area (Å²) in [6.45, 7) is 8.94. The lowest BCUT2D eigenvalue weighted by atomic mass is 9.85. The van der Waals surface area contributed by atoms with Gasteiger partial charge in [-0.3, -0.25) is 0 Å². The first-order chi connectivity index (χ1) is 19.1. The summed E-state index contributed by atoms with van der Waals surface area (Å²) in [6, 6.07) is 22.2. The van der Waals surface area contributed by atoms with E-state index >= 15 is 0 Å². The standard InChI is InChI=1S/C34H33ClFNO3/c1-21-9-10-25(36)16-32(21)40-20-29-27(12-13-30-33(29)22(2)18-34(3,4)37-30)28-17-26(11-14-31(28)38-5)39-19-23-7-6-8-24(35)15-23/h6-18,37H,19-20H2,1-5H3. The maximum atomic E-state index is 14.1. The van der Waals surface area contributed by atoms with Crippen LogP contribution in [0.25, 0.3) is 16.7 Å². The van der Waals surface area contributed by atoms with Crippen LogP contribution in [-0.4, -0.2) is 12.6 Å². The third-order valence-corrected chi connectivity index (χ3v) is 7.25. The fourth-order valence-electron chi connectivity index (χ4n) is 5.26. The average Bonchev–Trinajstić information content (AvgIpc) is 2.91. The number of methoxy groups -OCH3 is 1. The lowest BCUT2D eigenvalue weighted by Gasteiger charge is -2.33. The zero-order valence-corrected chi connectivity index (χ0v) is 24.2. The van der Waals surface area contributed by atoms with Crippen molar-refractivity contribution >= 4 is 22.9 Å². The van der Waals surface area contributed by atoms with E-state index < -0.39 is 0 Å². The van der Waals surface area contributed by atoms with Crippen molar-refractivity contribution in [2.24, 2.45) is 0 Å². The summed E-state index contributed by atoms with van der Waals surface area (Å²) in [4.78, 5) is 0. The van der Waals surface area contributed by atoms with Crippen LogP contribution in [0, 0.1) is 12.7 Å². The molecular weight excluding hydrogens is 525 g/mol. The summed E-state index contributed by atoms with van der Waals surface area (Å²) in [5.74, 6) is 1.60. The monoisotopic (exact) mass is 557 g/mol. The van der Waals surface area contributed by atoms with E-state index in [9.17, 15) is 4.39 Å². The summed E-state index contributed by atoms with van der Waals surface area (Å²) >= 11 is 6.15. The van der Waals surface area contributed by atoms with E-state index in [1.807, 2.05) is 49.4 Å². The Morgan fingerprint density at radius 3 is 2.45 bits per heavy atom. The van der Waals surface area contributed by atoms with Crippen LogP contribution < -0.4 is 19.5 Å². The molecule has 0 spiro atoms. The van der Waals surface area contributed by atoms with Crippen molar-refractivity contribution in [3.05, 3.63) is 112 Å². The molecule has 0 fully saturated rings. The van der Waals surface area contributed by atoms with Gasteiger partial charge in [-0.05, 0) is 92.4 Å². The highest BCUT2D eigenvalue weighted by Crippen LogP contribution is 2.44. The van der Waals surface area contributed by atoms with Crippen molar-refractivity contribution in [2.75, 3.05) is 12.4 Å². The molecule has 4 aromatic rings. The molecule has 0 bridgehead atoms.